The molecular weight excluding hydrogens is 364 g/mol. The van der Waals surface area contributed by atoms with Crippen LogP contribution in [0.5, 0.6) is 5.75 Å². The Bertz CT molecular complexity index is 594. The van der Waals surface area contributed by atoms with Crippen LogP contribution < -0.4 is 14.8 Å². The van der Waals surface area contributed by atoms with E-state index in [1.54, 1.807) is 0 Å². The molecule has 122 valence electrons. The topological polar surface area (TPSA) is 50.4 Å². The van der Waals surface area contributed by atoms with Crippen molar-refractivity contribution < 1.29 is 8.95 Å². The van der Waals surface area contributed by atoms with Crippen molar-refractivity contribution in [3.05, 3.63) is 28.2 Å². The predicted octanol–water partition coefficient (Wildman–Crippen LogP) is 3.06. The summed E-state index contributed by atoms with van der Waals surface area (Å²) in [7, 11) is -1.13. The van der Waals surface area contributed by atoms with E-state index in [0.29, 0.717) is 0 Å². The zero-order valence-electron chi connectivity index (χ0n) is 13.2. The molecule has 2 aliphatic rings. The fourth-order valence-corrected chi connectivity index (χ4v) is 4.38. The van der Waals surface area contributed by atoms with E-state index < -0.39 is 11.0 Å². The van der Waals surface area contributed by atoms with Crippen LogP contribution in [-0.4, -0.2) is 27.6 Å². The lowest BCUT2D eigenvalue weighted by Crippen LogP contribution is -2.53. The summed E-state index contributed by atoms with van der Waals surface area (Å²) < 4.78 is 23.1. The van der Waals surface area contributed by atoms with Gasteiger partial charge in [0.25, 0.3) is 0 Å². The highest BCUT2D eigenvalue weighted by molar-refractivity contribution is 9.10. The van der Waals surface area contributed by atoms with Gasteiger partial charge in [0.05, 0.1) is 21.8 Å². The average molecular weight is 387 g/mol. The molecule has 0 aromatic heterocycles. The third-order valence-corrected chi connectivity index (χ3v) is 6.41. The average Bonchev–Trinajstić information content (AvgIpc) is 2.72. The van der Waals surface area contributed by atoms with E-state index in [4.69, 9.17) is 4.74 Å². The number of piperidine rings is 1. The van der Waals surface area contributed by atoms with Crippen LogP contribution in [0.15, 0.2) is 22.7 Å². The Hall–Kier alpha value is -0.430. The first-order chi connectivity index (χ1) is 10.3. The van der Waals surface area contributed by atoms with E-state index in [-0.39, 0.29) is 16.4 Å². The number of ether oxygens (including phenoxy) is 1. The molecule has 2 N–H and O–H groups in total. The Morgan fingerprint density at radius 1 is 1.36 bits per heavy atom. The van der Waals surface area contributed by atoms with Crippen LogP contribution in [0, 0.1) is 0 Å². The van der Waals surface area contributed by atoms with Crippen LogP contribution in [0.2, 0.25) is 0 Å². The van der Waals surface area contributed by atoms with Gasteiger partial charge in [0.1, 0.15) is 11.4 Å². The molecule has 0 aliphatic carbocycles. The molecule has 2 atom stereocenters. The summed E-state index contributed by atoms with van der Waals surface area (Å²) in [6.45, 7) is 7.82. The molecule has 0 unspecified atom stereocenters. The zero-order valence-corrected chi connectivity index (χ0v) is 15.6. The van der Waals surface area contributed by atoms with Crippen LogP contribution in [0.3, 0.4) is 0 Å². The van der Waals surface area contributed by atoms with Crippen molar-refractivity contribution in [1.82, 2.24) is 10.0 Å². The zero-order chi connectivity index (χ0) is 16.0. The Kier molecular flexibility index (Phi) is 4.40. The van der Waals surface area contributed by atoms with Gasteiger partial charge < -0.3 is 10.1 Å². The molecule has 0 amide bonds. The number of halogens is 1. The Balaban J connectivity index is 1.97. The minimum Gasteiger partial charge on any atom is -0.485 e. The predicted molar refractivity (Wildman–Crippen MR) is 93.4 cm³/mol. The van der Waals surface area contributed by atoms with Crippen molar-refractivity contribution in [1.29, 1.82) is 0 Å². The van der Waals surface area contributed by atoms with E-state index in [1.807, 2.05) is 32.9 Å². The molecule has 4 nitrogen and oxygen atoms in total. The van der Waals surface area contributed by atoms with Crippen LogP contribution >= 0.6 is 15.9 Å². The first kappa shape index (κ1) is 16.4. The maximum absolute atomic E-state index is 12.7. The Labute approximate surface area is 143 Å². The Morgan fingerprint density at radius 2 is 2.05 bits per heavy atom. The number of benzene rings is 1. The molecular formula is C16H23BrN2O2S. The second kappa shape index (κ2) is 5.89. The number of rotatable bonds is 2. The summed E-state index contributed by atoms with van der Waals surface area (Å²) >= 11 is 3.54. The summed E-state index contributed by atoms with van der Waals surface area (Å²) in [6, 6.07) is 6.05. The lowest BCUT2D eigenvalue weighted by molar-refractivity contribution is 0.0324. The van der Waals surface area contributed by atoms with Crippen LogP contribution in [-0.2, 0) is 11.0 Å². The van der Waals surface area contributed by atoms with Gasteiger partial charge >= 0.3 is 0 Å². The number of hydrogen-bond donors (Lipinski definition) is 2. The van der Waals surface area contributed by atoms with E-state index in [0.717, 1.165) is 41.7 Å². The summed E-state index contributed by atoms with van der Waals surface area (Å²) in [6.07, 6.45) is 1.83. The van der Waals surface area contributed by atoms with E-state index >= 15 is 0 Å². The quantitative estimate of drug-likeness (QED) is 0.820. The molecule has 0 radical (unpaired) electrons. The maximum atomic E-state index is 12.7. The van der Waals surface area contributed by atoms with Crippen molar-refractivity contribution in [3.63, 3.8) is 0 Å². The largest absolute Gasteiger partial charge is 0.485 e. The van der Waals surface area contributed by atoms with Gasteiger partial charge in [-0.05, 0) is 52.1 Å². The first-order valence-corrected chi connectivity index (χ1v) is 9.63. The number of fused-ring (bicyclic) bond motifs is 1. The molecule has 1 aromatic carbocycles. The van der Waals surface area contributed by atoms with Gasteiger partial charge in [-0.15, -0.1) is 0 Å². The molecule has 22 heavy (non-hydrogen) atoms. The highest BCUT2D eigenvalue weighted by atomic mass is 79.9. The van der Waals surface area contributed by atoms with Gasteiger partial charge in [-0.3, -0.25) is 0 Å². The van der Waals surface area contributed by atoms with Crippen LogP contribution in [0.25, 0.3) is 0 Å². The van der Waals surface area contributed by atoms with Crippen molar-refractivity contribution in [3.8, 4) is 5.75 Å². The van der Waals surface area contributed by atoms with E-state index in [2.05, 4.69) is 32.0 Å². The molecule has 2 aliphatic heterocycles. The third kappa shape index (κ3) is 2.98. The fourth-order valence-electron chi connectivity index (χ4n) is 3.09. The summed E-state index contributed by atoms with van der Waals surface area (Å²) in [5, 5.41) is 3.39. The van der Waals surface area contributed by atoms with Gasteiger partial charge in [0, 0.05) is 22.9 Å². The number of nitrogens with one attached hydrogen (secondary N) is 2. The maximum Gasteiger partial charge on any atom is 0.132 e. The second-order valence-electron chi connectivity index (χ2n) is 7.03. The van der Waals surface area contributed by atoms with Crippen molar-refractivity contribution in [2.24, 2.45) is 0 Å². The SMILES string of the molecule is CC(C)(C)[S@@](=O)N[C@@H]1c2cc(Br)ccc2OC12CCNCC2. The summed E-state index contributed by atoms with van der Waals surface area (Å²) in [5.74, 6) is 0.911. The second-order valence-corrected chi connectivity index (χ2v) is 9.94. The summed E-state index contributed by atoms with van der Waals surface area (Å²) in [5.41, 5.74) is 0.809. The van der Waals surface area contributed by atoms with Crippen molar-refractivity contribution in [2.45, 2.75) is 50.0 Å². The summed E-state index contributed by atoms with van der Waals surface area (Å²) in [4.78, 5) is 0. The monoisotopic (exact) mass is 386 g/mol. The lowest BCUT2D eigenvalue weighted by Gasteiger charge is -2.39. The molecule has 0 bridgehead atoms. The van der Waals surface area contributed by atoms with E-state index in [1.165, 1.54) is 0 Å². The third-order valence-electron chi connectivity index (χ3n) is 4.35. The van der Waals surface area contributed by atoms with Gasteiger partial charge in [-0.2, -0.15) is 0 Å². The van der Waals surface area contributed by atoms with Crippen molar-refractivity contribution in [2.75, 3.05) is 13.1 Å². The molecule has 3 rings (SSSR count). The molecule has 6 heteroatoms. The minimum atomic E-state index is -1.13. The van der Waals surface area contributed by atoms with Crippen LogP contribution in [0.4, 0.5) is 0 Å². The smallest absolute Gasteiger partial charge is 0.132 e. The molecule has 1 saturated heterocycles. The molecule has 1 fully saturated rings. The van der Waals surface area contributed by atoms with Gasteiger partial charge in [-0.1, -0.05) is 15.9 Å². The van der Waals surface area contributed by atoms with Gasteiger partial charge in [0.15, 0.2) is 0 Å². The molecule has 0 saturated carbocycles. The minimum absolute atomic E-state index is 0.0397. The normalized spacial score (nSPS) is 24.8. The molecule has 1 spiro atoms. The number of hydrogen-bond acceptors (Lipinski definition) is 3. The Morgan fingerprint density at radius 3 is 2.68 bits per heavy atom. The van der Waals surface area contributed by atoms with Gasteiger partial charge in [-0.25, -0.2) is 8.93 Å². The molecule has 2 heterocycles. The van der Waals surface area contributed by atoms with E-state index in [9.17, 15) is 4.21 Å². The first-order valence-electron chi connectivity index (χ1n) is 7.69. The van der Waals surface area contributed by atoms with Crippen molar-refractivity contribution >= 4 is 26.9 Å². The highest BCUT2D eigenvalue weighted by Gasteiger charge is 2.50. The standard InChI is InChI=1S/C16H23BrN2O2S/c1-15(2,3)22(20)19-14-12-10-11(17)4-5-13(12)21-16(14)6-8-18-9-7-16/h4-5,10,14,18-19H,6-9H2,1-3H3/t14-,22-/m1/s1. The highest BCUT2D eigenvalue weighted by Crippen LogP contribution is 2.48. The van der Waals surface area contributed by atoms with Gasteiger partial charge in [0.2, 0.25) is 0 Å². The molecule has 1 aromatic rings. The van der Waals surface area contributed by atoms with Crippen LogP contribution in [0.1, 0.15) is 45.2 Å². The fraction of sp³-hybridized carbons (Fsp3) is 0.625. The lowest BCUT2D eigenvalue weighted by atomic mass is 9.84.